The lowest BCUT2D eigenvalue weighted by molar-refractivity contribution is 0.187. The van der Waals surface area contributed by atoms with Crippen molar-refractivity contribution in [2.45, 2.75) is 45.6 Å². The molecule has 2 fully saturated rings. The van der Waals surface area contributed by atoms with Crippen molar-refractivity contribution in [1.29, 1.82) is 0 Å². The molecule has 152 valence electrons. The van der Waals surface area contributed by atoms with E-state index < -0.39 is 0 Å². The Labute approximate surface area is 177 Å². The van der Waals surface area contributed by atoms with Crippen molar-refractivity contribution in [3.63, 3.8) is 0 Å². The van der Waals surface area contributed by atoms with Crippen molar-refractivity contribution in [1.82, 2.24) is 19.5 Å². The topological polar surface area (TPSA) is 36.7 Å². The van der Waals surface area contributed by atoms with E-state index in [1.807, 2.05) is 16.6 Å². The molecule has 0 amide bonds. The lowest BCUT2D eigenvalue weighted by atomic mass is 10.1. The van der Waals surface area contributed by atoms with E-state index in [-0.39, 0.29) is 0 Å². The van der Waals surface area contributed by atoms with Gasteiger partial charge in [0.25, 0.3) is 0 Å². The molecule has 0 radical (unpaired) electrons. The molecule has 0 atom stereocenters. The van der Waals surface area contributed by atoms with E-state index in [0.717, 1.165) is 71.2 Å². The first-order chi connectivity index (χ1) is 14.1. The maximum Gasteiger partial charge on any atom is 0.165 e. The number of rotatable bonds is 3. The number of hydrogen-bond acceptors (Lipinski definition) is 4. The van der Waals surface area contributed by atoms with Crippen LogP contribution in [0.3, 0.4) is 0 Å². The minimum absolute atomic E-state index is 0.743. The Morgan fingerprint density at radius 3 is 2.34 bits per heavy atom. The van der Waals surface area contributed by atoms with Crippen molar-refractivity contribution in [2.24, 2.45) is 0 Å². The molecule has 1 saturated carbocycles. The zero-order valence-electron chi connectivity index (χ0n) is 17.2. The molecule has 0 bridgehead atoms. The summed E-state index contributed by atoms with van der Waals surface area (Å²) in [6.07, 6.45) is 5.55. The van der Waals surface area contributed by atoms with Gasteiger partial charge in [-0.25, -0.2) is 4.98 Å². The summed E-state index contributed by atoms with van der Waals surface area (Å²) in [6, 6.07) is 10.9. The van der Waals surface area contributed by atoms with Gasteiger partial charge in [0.15, 0.2) is 5.65 Å². The minimum Gasteiger partial charge on any atom is -0.354 e. The van der Waals surface area contributed by atoms with Gasteiger partial charge in [-0.3, -0.25) is 4.90 Å². The molecule has 2 aliphatic rings. The van der Waals surface area contributed by atoms with Crippen LogP contribution in [0.2, 0.25) is 5.02 Å². The highest BCUT2D eigenvalue weighted by Crippen LogP contribution is 2.32. The van der Waals surface area contributed by atoms with E-state index in [4.69, 9.17) is 21.7 Å². The Morgan fingerprint density at radius 1 is 0.966 bits per heavy atom. The van der Waals surface area contributed by atoms with Gasteiger partial charge in [-0.2, -0.15) is 9.61 Å². The van der Waals surface area contributed by atoms with E-state index in [2.05, 4.69) is 41.8 Å². The highest BCUT2D eigenvalue weighted by Gasteiger charge is 2.27. The molecule has 1 aliphatic carbocycles. The summed E-state index contributed by atoms with van der Waals surface area (Å²) in [6.45, 7) is 8.51. The van der Waals surface area contributed by atoms with Crippen molar-refractivity contribution in [3.05, 3.63) is 46.7 Å². The van der Waals surface area contributed by atoms with E-state index >= 15 is 0 Å². The van der Waals surface area contributed by atoms with Crippen LogP contribution in [0.25, 0.3) is 16.8 Å². The van der Waals surface area contributed by atoms with Crippen molar-refractivity contribution >= 4 is 23.1 Å². The highest BCUT2D eigenvalue weighted by molar-refractivity contribution is 6.30. The van der Waals surface area contributed by atoms with Crippen LogP contribution in [-0.4, -0.2) is 51.7 Å². The predicted octanol–water partition coefficient (Wildman–Crippen LogP) is 4.73. The first kappa shape index (κ1) is 18.9. The highest BCUT2D eigenvalue weighted by atomic mass is 35.5. The minimum atomic E-state index is 0.743. The second-order valence-electron chi connectivity index (χ2n) is 8.42. The normalized spacial score (nSPS) is 18.8. The van der Waals surface area contributed by atoms with Crippen LogP contribution in [0.15, 0.2) is 30.3 Å². The second kappa shape index (κ2) is 7.62. The summed E-state index contributed by atoms with van der Waals surface area (Å²) in [5, 5.41) is 5.63. The van der Waals surface area contributed by atoms with Crippen LogP contribution in [-0.2, 0) is 0 Å². The van der Waals surface area contributed by atoms with Gasteiger partial charge in [-0.05, 0) is 44.4 Å². The van der Waals surface area contributed by atoms with E-state index in [0.29, 0.717) is 0 Å². The average molecular weight is 410 g/mol. The first-order valence-corrected chi connectivity index (χ1v) is 11.1. The molecule has 5 rings (SSSR count). The quantitative estimate of drug-likeness (QED) is 0.626. The van der Waals surface area contributed by atoms with Crippen LogP contribution in [0, 0.1) is 13.8 Å². The molecule has 1 saturated heterocycles. The number of halogens is 1. The summed E-state index contributed by atoms with van der Waals surface area (Å²) in [7, 11) is 0. The molecule has 3 aromatic rings. The molecule has 2 aromatic heterocycles. The summed E-state index contributed by atoms with van der Waals surface area (Å²) in [5.74, 6) is 1.15. The van der Waals surface area contributed by atoms with E-state index in [9.17, 15) is 0 Å². The van der Waals surface area contributed by atoms with Gasteiger partial charge < -0.3 is 4.90 Å². The Hall–Kier alpha value is -2.11. The van der Waals surface area contributed by atoms with Gasteiger partial charge in [0.2, 0.25) is 0 Å². The Kier molecular flexibility index (Phi) is 4.96. The second-order valence-corrected chi connectivity index (χ2v) is 8.86. The van der Waals surface area contributed by atoms with Crippen molar-refractivity contribution in [3.8, 4) is 11.1 Å². The summed E-state index contributed by atoms with van der Waals surface area (Å²) < 4.78 is 2.04. The van der Waals surface area contributed by atoms with Crippen LogP contribution < -0.4 is 4.90 Å². The van der Waals surface area contributed by atoms with Gasteiger partial charge in [0.1, 0.15) is 5.82 Å². The number of nitrogens with zero attached hydrogens (tertiary/aromatic N) is 5. The SMILES string of the molecule is Cc1cc(N2CCN(C3CCCC3)CC2)n2nc(C)c(-c3ccc(Cl)cc3)c2n1. The molecular formula is C23H28ClN5. The van der Waals surface area contributed by atoms with Crippen molar-refractivity contribution < 1.29 is 0 Å². The molecule has 29 heavy (non-hydrogen) atoms. The number of piperazine rings is 1. The average Bonchev–Trinajstić information content (AvgIpc) is 3.36. The number of aryl methyl sites for hydroxylation is 2. The predicted molar refractivity (Wildman–Crippen MR) is 119 cm³/mol. The fourth-order valence-corrected chi connectivity index (χ4v) is 5.12. The maximum absolute atomic E-state index is 6.09. The fourth-order valence-electron chi connectivity index (χ4n) is 4.99. The summed E-state index contributed by atoms with van der Waals surface area (Å²) >= 11 is 6.09. The monoisotopic (exact) mass is 409 g/mol. The molecule has 0 unspecified atom stereocenters. The smallest absolute Gasteiger partial charge is 0.165 e. The van der Waals surface area contributed by atoms with Gasteiger partial charge in [-0.15, -0.1) is 0 Å². The molecule has 1 aliphatic heterocycles. The number of benzene rings is 1. The Morgan fingerprint density at radius 2 is 1.66 bits per heavy atom. The summed E-state index contributed by atoms with van der Waals surface area (Å²) in [5.41, 5.74) is 5.16. The third-order valence-electron chi connectivity index (χ3n) is 6.49. The maximum atomic E-state index is 6.09. The van der Waals surface area contributed by atoms with E-state index in [1.165, 1.54) is 25.7 Å². The van der Waals surface area contributed by atoms with Crippen molar-refractivity contribution in [2.75, 3.05) is 31.1 Å². The summed E-state index contributed by atoms with van der Waals surface area (Å²) in [4.78, 5) is 10.0. The number of aromatic nitrogens is 3. The Balaban J connectivity index is 1.49. The van der Waals surface area contributed by atoms with Gasteiger partial charge in [0, 0.05) is 54.6 Å². The largest absolute Gasteiger partial charge is 0.354 e. The third-order valence-corrected chi connectivity index (χ3v) is 6.74. The third kappa shape index (κ3) is 3.51. The zero-order valence-corrected chi connectivity index (χ0v) is 18.0. The molecule has 0 spiro atoms. The molecule has 6 heteroatoms. The lowest BCUT2D eigenvalue weighted by Crippen LogP contribution is -2.50. The molecular weight excluding hydrogens is 382 g/mol. The molecule has 5 nitrogen and oxygen atoms in total. The van der Waals surface area contributed by atoms with Crippen LogP contribution in [0.1, 0.15) is 37.1 Å². The van der Waals surface area contributed by atoms with Crippen LogP contribution >= 0.6 is 11.6 Å². The first-order valence-electron chi connectivity index (χ1n) is 10.7. The fraction of sp³-hybridized carbons (Fsp3) is 0.478. The van der Waals surface area contributed by atoms with Crippen LogP contribution in [0.4, 0.5) is 5.82 Å². The molecule has 1 aromatic carbocycles. The standard InChI is InChI=1S/C23H28ClN5/c1-16-15-21(28-13-11-27(12-14-28)20-5-3-4-6-20)29-23(25-16)22(17(2)26-29)18-7-9-19(24)10-8-18/h7-10,15,20H,3-6,11-14H2,1-2H3. The van der Waals surface area contributed by atoms with Crippen LogP contribution in [0.5, 0.6) is 0 Å². The number of anilines is 1. The van der Waals surface area contributed by atoms with Gasteiger partial charge >= 0.3 is 0 Å². The number of hydrogen-bond donors (Lipinski definition) is 0. The van der Waals surface area contributed by atoms with E-state index in [1.54, 1.807) is 0 Å². The molecule has 0 N–H and O–H groups in total. The van der Waals surface area contributed by atoms with Gasteiger partial charge in [-0.1, -0.05) is 36.6 Å². The zero-order chi connectivity index (χ0) is 20.0. The Bertz CT molecular complexity index is 1010. The van der Waals surface area contributed by atoms with Gasteiger partial charge in [0.05, 0.1) is 5.69 Å². The molecule has 3 heterocycles. The lowest BCUT2D eigenvalue weighted by Gasteiger charge is -2.39. The number of fused-ring (bicyclic) bond motifs is 1.